The second-order valence-corrected chi connectivity index (χ2v) is 5.26. The van der Waals surface area contributed by atoms with Crippen LogP contribution in [0.5, 0.6) is 11.5 Å². The van der Waals surface area contributed by atoms with Crippen molar-refractivity contribution in [3.8, 4) is 11.5 Å². The standard InChI is InChI=1S/C12H10O.C10H10O4/c1-3-7-11(8-4-1)13-12-9-5-2-6-10-12;1-13-9(11)7-5-3-4-6-8(7)10(12)14-2/h1-10H;3-6H,1-2H3. The molecule has 0 saturated carbocycles. The molecule has 0 spiro atoms. The molecule has 3 aromatic carbocycles. The normalized spacial score (nSPS) is 9.41. The van der Waals surface area contributed by atoms with Crippen LogP contribution in [0.2, 0.25) is 0 Å². The first-order valence-electron chi connectivity index (χ1n) is 8.19. The average Bonchev–Trinajstić information content (AvgIpc) is 2.74. The maximum Gasteiger partial charge on any atom is 0.338 e. The summed E-state index contributed by atoms with van der Waals surface area (Å²) in [5, 5.41) is 0. The van der Waals surface area contributed by atoms with Gasteiger partial charge in [0, 0.05) is 0 Å². The van der Waals surface area contributed by atoms with Gasteiger partial charge in [-0.2, -0.15) is 0 Å². The Balaban J connectivity index is 0.000000194. The first kappa shape index (κ1) is 19.7. The molecule has 0 unspecified atom stereocenters. The van der Waals surface area contributed by atoms with Gasteiger partial charge in [-0.1, -0.05) is 48.5 Å². The third-order valence-corrected chi connectivity index (χ3v) is 3.46. The van der Waals surface area contributed by atoms with Crippen molar-refractivity contribution in [2.45, 2.75) is 0 Å². The van der Waals surface area contributed by atoms with E-state index in [0.717, 1.165) is 11.5 Å². The zero-order valence-electron chi connectivity index (χ0n) is 15.1. The van der Waals surface area contributed by atoms with Gasteiger partial charge in [0.1, 0.15) is 11.5 Å². The highest BCUT2D eigenvalue weighted by Crippen LogP contribution is 2.19. The first-order chi connectivity index (χ1) is 13.2. The van der Waals surface area contributed by atoms with E-state index in [1.165, 1.54) is 26.4 Å². The smallest absolute Gasteiger partial charge is 0.338 e. The lowest BCUT2D eigenvalue weighted by Gasteiger charge is -2.04. The van der Waals surface area contributed by atoms with Crippen LogP contribution < -0.4 is 4.74 Å². The number of hydrogen-bond acceptors (Lipinski definition) is 5. The molecular formula is C22H20O5. The number of para-hydroxylation sites is 2. The van der Waals surface area contributed by atoms with Crippen molar-refractivity contribution in [2.24, 2.45) is 0 Å². The van der Waals surface area contributed by atoms with Crippen molar-refractivity contribution in [3.63, 3.8) is 0 Å². The van der Waals surface area contributed by atoms with Crippen molar-refractivity contribution in [1.29, 1.82) is 0 Å². The van der Waals surface area contributed by atoms with Gasteiger partial charge in [-0.3, -0.25) is 0 Å². The van der Waals surface area contributed by atoms with Crippen molar-refractivity contribution >= 4 is 11.9 Å². The minimum absolute atomic E-state index is 0.210. The minimum Gasteiger partial charge on any atom is -0.465 e. The van der Waals surface area contributed by atoms with Crippen molar-refractivity contribution < 1.29 is 23.8 Å². The zero-order chi connectivity index (χ0) is 19.5. The van der Waals surface area contributed by atoms with Gasteiger partial charge >= 0.3 is 11.9 Å². The van der Waals surface area contributed by atoms with Crippen LogP contribution in [0.4, 0.5) is 0 Å². The van der Waals surface area contributed by atoms with Crippen LogP contribution in [-0.2, 0) is 9.47 Å². The molecule has 3 rings (SSSR count). The molecule has 0 aliphatic carbocycles. The van der Waals surface area contributed by atoms with Gasteiger partial charge in [-0.05, 0) is 36.4 Å². The third-order valence-electron chi connectivity index (χ3n) is 3.46. The zero-order valence-corrected chi connectivity index (χ0v) is 15.1. The van der Waals surface area contributed by atoms with E-state index in [0.29, 0.717) is 0 Å². The van der Waals surface area contributed by atoms with Crippen molar-refractivity contribution in [2.75, 3.05) is 14.2 Å². The molecule has 0 aromatic heterocycles. The third kappa shape index (κ3) is 6.01. The van der Waals surface area contributed by atoms with E-state index in [4.69, 9.17) is 4.74 Å². The number of rotatable bonds is 4. The van der Waals surface area contributed by atoms with Crippen LogP contribution in [0.3, 0.4) is 0 Å². The number of ether oxygens (including phenoxy) is 3. The van der Waals surface area contributed by atoms with Crippen LogP contribution in [-0.4, -0.2) is 26.2 Å². The van der Waals surface area contributed by atoms with Gasteiger partial charge in [0.15, 0.2) is 0 Å². The van der Waals surface area contributed by atoms with E-state index in [9.17, 15) is 9.59 Å². The van der Waals surface area contributed by atoms with Crippen LogP contribution in [0.1, 0.15) is 20.7 Å². The molecule has 5 heteroatoms. The van der Waals surface area contributed by atoms with Gasteiger partial charge in [0.05, 0.1) is 25.3 Å². The molecule has 0 atom stereocenters. The predicted octanol–water partition coefficient (Wildman–Crippen LogP) is 4.74. The van der Waals surface area contributed by atoms with Gasteiger partial charge in [-0.25, -0.2) is 9.59 Å². The lowest BCUT2D eigenvalue weighted by molar-refractivity contribution is 0.0555. The highest BCUT2D eigenvalue weighted by atomic mass is 16.5. The Labute approximate surface area is 158 Å². The van der Waals surface area contributed by atoms with E-state index >= 15 is 0 Å². The van der Waals surface area contributed by atoms with Crippen LogP contribution in [0.15, 0.2) is 84.9 Å². The van der Waals surface area contributed by atoms with E-state index < -0.39 is 11.9 Å². The molecule has 0 aliphatic heterocycles. The van der Waals surface area contributed by atoms with Gasteiger partial charge in [0.2, 0.25) is 0 Å². The molecule has 0 fully saturated rings. The molecule has 0 N–H and O–H groups in total. The molecule has 0 amide bonds. The molecule has 27 heavy (non-hydrogen) atoms. The van der Waals surface area contributed by atoms with Crippen LogP contribution >= 0.6 is 0 Å². The molecule has 0 bridgehead atoms. The minimum atomic E-state index is -0.550. The molecular weight excluding hydrogens is 344 g/mol. The fourth-order valence-corrected chi connectivity index (χ4v) is 2.17. The summed E-state index contributed by atoms with van der Waals surface area (Å²) in [4.78, 5) is 22.4. The Morgan fingerprint density at radius 1 is 0.556 bits per heavy atom. The number of carbonyl (C=O) groups excluding carboxylic acids is 2. The number of benzene rings is 3. The Kier molecular flexibility index (Phi) is 7.60. The van der Waals surface area contributed by atoms with Crippen LogP contribution in [0.25, 0.3) is 0 Å². The van der Waals surface area contributed by atoms with Gasteiger partial charge in [0.25, 0.3) is 0 Å². The second-order valence-electron chi connectivity index (χ2n) is 5.26. The molecule has 3 aromatic rings. The Bertz CT molecular complexity index is 788. The Hall–Kier alpha value is -3.60. The maximum absolute atomic E-state index is 11.2. The summed E-state index contributed by atoms with van der Waals surface area (Å²) in [7, 11) is 2.52. The predicted molar refractivity (Wildman–Crippen MR) is 102 cm³/mol. The highest BCUT2D eigenvalue weighted by Gasteiger charge is 2.16. The number of esters is 2. The number of methoxy groups -OCH3 is 2. The fraction of sp³-hybridized carbons (Fsp3) is 0.0909. The lowest BCUT2D eigenvalue weighted by Crippen LogP contribution is -2.11. The number of carbonyl (C=O) groups is 2. The summed E-state index contributed by atoms with van der Waals surface area (Å²) in [5.74, 6) is 0.638. The highest BCUT2D eigenvalue weighted by molar-refractivity contribution is 6.03. The van der Waals surface area contributed by atoms with Crippen LogP contribution in [0, 0.1) is 0 Å². The van der Waals surface area contributed by atoms with Gasteiger partial charge in [-0.15, -0.1) is 0 Å². The largest absolute Gasteiger partial charge is 0.465 e. The molecule has 0 radical (unpaired) electrons. The molecule has 138 valence electrons. The summed E-state index contributed by atoms with van der Waals surface area (Å²) >= 11 is 0. The maximum atomic E-state index is 11.2. The summed E-state index contributed by atoms with van der Waals surface area (Å²) in [5.41, 5.74) is 0.420. The van der Waals surface area contributed by atoms with E-state index in [2.05, 4.69) is 9.47 Å². The summed E-state index contributed by atoms with van der Waals surface area (Å²) < 4.78 is 14.6. The summed E-state index contributed by atoms with van der Waals surface area (Å²) in [6, 6.07) is 25.8. The second kappa shape index (κ2) is 10.4. The molecule has 5 nitrogen and oxygen atoms in total. The fourth-order valence-electron chi connectivity index (χ4n) is 2.17. The van der Waals surface area contributed by atoms with E-state index in [1.807, 2.05) is 60.7 Å². The first-order valence-corrected chi connectivity index (χ1v) is 8.19. The van der Waals surface area contributed by atoms with Crippen molar-refractivity contribution in [3.05, 3.63) is 96.1 Å². The van der Waals surface area contributed by atoms with E-state index in [1.54, 1.807) is 12.1 Å². The monoisotopic (exact) mass is 364 g/mol. The molecule has 0 aliphatic rings. The topological polar surface area (TPSA) is 61.8 Å². The average molecular weight is 364 g/mol. The SMILES string of the molecule is COC(=O)c1ccccc1C(=O)OC.c1ccc(Oc2ccccc2)cc1. The van der Waals surface area contributed by atoms with Gasteiger partial charge < -0.3 is 14.2 Å². The Morgan fingerprint density at radius 2 is 0.889 bits per heavy atom. The molecule has 0 saturated heterocycles. The lowest BCUT2D eigenvalue weighted by atomic mass is 10.1. The van der Waals surface area contributed by atoms with E-state index in [-0.39, 0.29) is 11.1 Å². The summed E-state index contributed by atoms with van der Waals surface area (Å²) in [6.07, 6.45) is 0. The summed E-state index contributed by atoms with van der Waals surface area (Å²) in [6.45, 7) is 0. The molecule has 0 heterocycles. The van der Waals surface area contributed by atoms with Crippen molar-refractivity contribution in [1.82, 2.24) is 0 Å². The number of hydrogen-bond donors (Lipinski definition) is 0. The quantitative estimate of drug-likeness (QED) is 0.626. The Morgan fingerprint density at radius 3 is 1.22 bits per heavy atom.